The SMILES string of the molecule is CCOC(=O)/C(C=N[C@H](CO)CC(C)C)=C(\O)c1cccc(F)c1F. The number of aliphatic hydroxyl groups excluding tert-OH is 2. The molecule has 5 nitrogen and oxygen atoms in total. The highest BCUT2D eigenvalue weighted by Crippen LogP contribution is 2.22. The van der Waals surface area contributed by atoms with Crippen molar-refractivity contribution in [2.75, 3.05) is 13.2 Å². The van der Waals surface area contributed by atoms with Gasteiger partial charge >= 0.3 is 5.97 Å². The molecule has 1 atom stereocenters. The zero-order valence-electron chi connectivity index (χ0n) is 14.5. The maximum absolute atomic E-state index is 13.9. The number of aliphatic imine (C=N–C) groups is 1. The van der Waals surface area contributed by atoms with Gasteiger partial charge in [-0.1, -0.05) is 19.9 Å². The van der Waals surface area contributed by atoms with E-state index in [0.717, 1.165) is 18.3 Å². The summed E-state index contributed by atoms with van der Waals surface area (Å²) in [6, 6.07) is 2.75. The molecule has 138 valence electrons. The first-order chi connectivity index (χ1) is 11.8. The summed E-state index contributed by atoms with van der Waals surface area (Å²) < 4.78 is 32.1. The van der Waals surface area contributed by atoms with Crippen molar-refractivity contribution < 1.29 is 28.5 Å². The highest BCUT2D eigenvalue weighted by Gasteiger charge is 2.21. The van der Waals surface area contributed by atoms with Crippen molar-refractivity contribution >= 4 is 17.9 Å². The number of halogens is 2. The molecule has 25 heavy (non-hydrogen) atoms. The van der Waals surface area contributed by atoms with E-state index in [1.165, 1.54) is 6.07 Å². The van der Waals surface area contributed by atoms with Crippen LogP contribution in [0.2, 0.25) is 0 Å². The Balaban J connectivity index is 3.32. The second-order valence-electron chi connectivity index (χ2n) is 5.83. The lowest BCUT2D eigenvalue weighted by atomic mass is 10.0. The van der Waals surface area contributed by atoms with Gasteiger partial charge in [0.2, 0.25) is 0 Å². The van der Waals surface area contributed by atoms with Gasteiger partial charge in [0.1, 0.15) is 11.3 Å². The molecule has 0 saturated carbocycles. The van der Waals surface area contributed by atoms with Gasteiger partial charge in [-0.05, 0) is 31.4 Å². The van der Waals surface area contributed by atoms with Gasteiger partial charge in [0.15, 0.2) is 11.6 Å². The number of carbonyl (C=O) groups is 1. The predicted octanol–water partition coefficient (Wildman–Crippen LogP) is 3.27. The molecule has 0 unspecified atom stereocenters. The van der Waals surface area contributed by atoms with Crippen molar-refractivity contribution in [3.63, 3.8) is 0 Å². The Morgan fingerprint density at radius 3 is 2.60 bits per heavy atom. The van der Waals surface area contributed by atoms with Crippen LogP contribution in [0, 0.1) is 17.6 Å². The van der Waals surface area contributed by atoms with Crippen molar-refractivity contribution in [2.45, 2.75) is 33.2 Å². The fraction of sp³-hybridized carbons (Fsp3) is 0.444. The highest BCUT2D eigenvalue weighted by atomic mass is 19.2. The van der Waals surface area contributed by atoms with Crippen molar-refractivity contribution in [1.82, 2.24) is 0 Å². The van der Waals surface area contributed by atoms with E-state index in [4.69, 9.17) is 4.74 Å². The molecule has 0 amide bonds. The third-order valence-corrected chi connectivity index (χ3v) is 3.33. The number of hydrogen-bond donors (Lipinski definition) is 2. The second-order valence-corrected chi connectivity index (χ2v) is 5.83. The summed E-state index contributed by atoms with van der Waals surface area (Å²) in [5.74, 6) is -3.89. The molecule has 0 heterocycles. The minimum Gasteiger partial charge on any atom is -0.506 e. The van der Waals surface area contributed by atoms with Crippen LogP contribution in [-0.4, -0.2) is 41.7 Å². The first-order valence-corrected chi connectivity index (χ1v) is 8.00. The quantitative estimate of drug-likeness (QED) is 0.325. The molecule has 1 aromatic rings. The molecule has 1 rings (SSSR count). The lowest BCUT2D eigenvalue weighted by Crippen LogP contribution is -2.16. The molecule has 0 aromatic heterocycles. The molecular weight excluding hydrogens is 332 g/mol. The van der Waals surface area contributed by atoms with E-state index >= 15 is 0 Å². The average Bonchev–Trinajstić information content (AvgIpc) is 2.56. The normalized spacial score (nSPS) is 13.9. The Kier molecular flexibility index (Phi) is 8.21. The van der Waals surface area contributed by atoms with E-state index < -0.39 is 40.5 Å². The van der Waals surface area contributed by atoms with Crippen LogP contribution in [-0.2, 0) is 9.53 Å². The molecule has 0 saturated heterocycles. The molecule has 0 aliphatic heterocycles. The number of ether oxygens (including phenoxy) is 1. The van der Waals surface area contributed by atoms with Gasteiger partial charge in [-0.25, -0.2) is 13.6 Å². The molecule has 0 aliphatic rings. The van der Waals surface area contributed by atoms with Crippen LogP contribution in [0.1, 0.15) is 32.8 Å². The molecule has 0 spiro atoms. The van der Waals surface area contributed by atoms with E-state index in [1.54, 1.807) is 6.92 Å². The van der Waals surface area contributed by atoms with Crippen LogP contribution in [0.3, 0.4) is 0 Å². The van der Waals surface area contributed by atoms with Crippen LogP contribution >= 0.6 is 0 Å². The average molecular weight is 355 g/mol. The number of rotatable bonds is 8. The largest absolute Gasteiger partial charge is 0.506 e. The van der Waals surface area contributed by atoms with Gasteiger partial charge in [-0.2, -0.15) is 0 Å². The molecule has 0 fully saturated rings. The van der Waals surface area contributed by atoms with Crippen molar-refractivity contribution in [3.8, 4) is 0 Å². The van der Waals surface area contributed by atoms with Gasteiger partial charge in [-0.15, -0.1) is 0 Å². The summed E-state index contributed by atoms with van der Waals surface area (Å²) in [6.45, 7) is 5.24. The van der Waals surface area contributed by atoms with E-state index in [-0.39, 0.29) is 19.1 Å². The molecular formula is C18H23F2NO4. The lowest BCUT2D eigenvalue weighted by molar-refractivity contribution is -0.137. The summed E-state index contributed by atoms with van der Waals surface area (Å²) >= 11 is 0. The van der Waals surface area contributed by atoms with E-state index in [2.05, 4.69) is 4.99 Å². The van der Waals surface area contributed by atoms with Crippen LogP contribution in [0.5, 0.6) is 0 Å². The maximum atomic E-state index is 13.9. The Bertz CT molecular complexity index is 656. The van der Waals surface area contributed by atoms with E-state index in [9.17, 15) is 23.8 Å². The highest BCUT2D eigenvalue weighted by molar-refractivity contribution is 6.15. The predicted molar refractivity (Wildman–Crippen MR) is 91.4 cm³/mol. The first kappa shape index (κ1) is 20.8. The molecule has 0 radical (unpaired) electrons. The molecule has 2 N–H and O–H groups in total. The zero-order chi connectivity index (χ0) is 19.0. The lowest BCUT2D eigenvalue weighted by Gasteiger charge is -2.12. The summed E-state index contributed by atoms with van der Waals surface area (Å²) in [5, 5.41) is 19.6. The van der Waals surface area contributed by atoms with Gasteiger partial charge < -0.3 is 14.9 Å². The fourth-order valence-corrected chi connectivity index (χ4v) is 2.16. The summed E-state index contributed by atoms with van der Waals surface area (Å²) in [7, 11) is 0. The fourth-order valence-electron chi connectivity index (χ4n) is 2.16. The summed E-state index contributed by atoms with van der Waals surface area (Å²) in [4.78, 5) is 16.1. The van der Waals surface area contributed by atoms with E-state index in [0.29, 0.717) is 6.42 Å². The van der Waals surface area contributed by atoms with Crippen molar-refractivity contribution in [1.29, 1.82) is 0 Å². The molecule has 0 bridgehead atoms. The Morgan fingerprint density at radius 1 is 1.36 bits per heavy atom. The van der Waals surface area contributed by atoms with Crippen LogP contribution in [0.25, 0.3) is 5.76 Å². The van der Waals surface area contributed by atoms with Crippen LogP contribution in [0.4, 0.5) is 8.78 Å². The smallest absolute Gasteiger partial charge is 0.343 e. The second kappa shape index (κ2) is 9.88. The van der Waals surface area contributed by atoms with Gasteiger partial charge in [-0.3, -0.25) is 4.99 Å². The number of nitrogens with zero attached hydrogens (tertiary/aromatic N) is 1. The van der Waals surface area contributed by atoms with Crippen LogP contribution < -0.4 is 0 Å². The minimum atomic E-state index is -1.28. The number of benzene rings is 1. The minimum absolute atomic E-state index is 0.0323. The van der Waals surface area contributed by atoms with Gasteiger partial charge in [0.05, 0.1) is 24.8 Å². The molecule has 0 aliphatic carbocycles. The zero-order valence-corrected chi connectivity index (χ0v) is 14.5. The van der Waals surface area contributed by atoms with Crippen molar-refractivity contribution in [3.05, 3.63) is 41.0 Å². The Hall–Kier alpha value is -2.28. The Morgan fingerprint density at radius 2 is 2.04 bits per heavy atom. The third kappa shape index (κ3) is 5.94. The maximum Gasteiger partial charge on any atom is 0.343 e. The van der Waals surface area contributed by atoms with Crippen LogP contribution in [0.15, 0.2) is 28.8 Å². The topological polar surface area (TPSA) is 79.1 Å². The number of hydrogen-bond acceptors (Lipinski definition) is 5. The number of carbonyl (C=O) groups excluding carboxylic acids is 1. The summed E-state index contributed by atoms with van der Waals surface area (Å²) in [6.07, 6.45) is 1.58. The van der Waals surface area contributed by atoms with E-state index in [1.807, 2.05) is 13.8 Å². The molecule has 1 aromatic carbocycles. The standard InChI is InChI=1S/C18H23F2NO4/c1-4-25-18(24)14(9-21-12(10-22)8-11(2)3)17(23)13-6-5-7-15(19)16(13)20/h5-7,9,11-12,22-23H,4,8,10H2,1-3H3/b17-14-,21-9?/t12-/m0/s1. The Labute approximate surface area is 145 Å². The summed E-state index contributed by atoms with van der Waals surface area (Å²) in [5.41, 5.74) is -0.882. The van der Waals surface area contributed by atoms with Crippen molar-refractivity contribution in [2.24, 2.45) is 10.9 Å². The monoisotopic (exact) mass is 355 g/mol. The number of aliphatic hydroxyl groups is 2. The number of esters is 1. The first-order valence-electron chi connectivity index (χ1n) is 8.00. The molecule has 7 heteroatoms. The van der Waals surface area contributed by atoms with Gasteiger partial charge in [0, 0.05) is 6.21 Å². The third-order valence-electron chi connectivity index (χ3n) is 3.33. The van der Waals surface area contributed by atoms with Gasteiger partial charge in [0.25, 0.3) is 0 Å².